The summed E-state index contributed by atoms with van der Waals surface area (Å²) in [7, 11) is 0. The van der Waals surface area contributed by atoms with Gasteiger partial charge in [-0.3, -0.25) is 4.79 Å². The second kappa shape index (κ2) is 10.2. The van der Waals surface area contributed by atoms with E-state index in [1.54, 1.807) is 6.07 Å². The third-order valence-electron chi connectivity index (χ3n) is 4.28. The van der Waals surface area contributed by atoms with Gasteiger partial charge >= 0.3 is 0 Å². The average molecular weight is 391 g/mol. The molecule has 0 aliphatic heterocycles. The van der Waals surface area contributed by atoms with E-state index in [0.717, 1.165) is 22.6 Å². The van der Waals surface area contributed by atoms with Crippen molar-refractivity contribution in [2.24, 2.45) is 0 Å². The minimum Gasteiger partial charge on any atom is -0.483 e. The molecule has 0 saturated heterocycles. The minimum absolute atomic E-state index is 0.0324. The van der Waals surface area contributed by atoms with Gasteiger partial charge in [-0.1, -0.05) is 62.4 Å². The molecule has 6 nitrogen and oxygen atoms in total. The Morgan fingerprint density at radius 3 is 2.41 bits per heavy atom. The van der Waals surface area contributed by atoms with Gasteiger partial charge in [0.15, 0.2) is 6.61 Å². The number of carbonyl (C=O) groups is 1. The molecule has 0 aliphatic rings. The van der Waals surface area contributed by atoms with Crippen molar-refractivity contribution in [2.45, 2.75) is 19.8 Å². The van der Waals surface area contributed by atoms with Gasteiger partial charge in [0.1, 0.15) is 12.4 Å². The van der Waals surface area contributed by atoms with Crippen molar-refractivity contribution in [2.75, 3.05) is 19.8 Å². The Balaban J connectivity index is 1.39. The Hall–Kier alpha value is -3.41. The fourth-order valence-electron chi connectivity index (χ4n) is 2.79. The SMILES string of the molecule is CC(C)c1ccccc1OCC(=O)NCCOc1ccc(-c2ccccc2)nn1. The van der Waals surface area contributed by atoms with Crippen LogP contribution in [0.3, 0.4) is 0 Å². The maximum Gasteiger partial charge on any atom is 0.258 e. The van der Waals surface area contributed by atoms with E-state index in [-0.39, 0.29) is 12.5 Å². The fourth-order valence-corrected chi connectivity index (χ4v) is 2.79. The number of rotatable bonds is 9. The Morgan fingerprint density at radius 2 is 1.69 bits per heavy atom. The number of hydrogen-bond donors (Lipinski definition) is 1. The van der Waals surface area contributed by atoms with E-state index >= 15 is 0 Å². The molecule has 0 atom stereocenters. The monoisotopic (exact) mass is 391 g/mol. The number of benzene rings is 2. The molecule has 3 rings (SSSR count). The van der Waals surface area contributed by atoms with Crippen molar-refractivity contribution in [1.82, 2.24) is 15.5 Å². The van der Waals surface area contributed by atoms with E-state index in [9.17, 15) is 4.79 Å². The molecule has 1 heterocycles. The molecule has 6 heteroatoms. The molecule has 29 heavy (non-hydrogen) atoms. The predicted molar refractivity (Wildman–Crippen MR) is 112 cm³/mol. The van der Waals surface area contributed by atoms with Crippen LogP contribution in [0.2, 0.25) is 0 Å². The number of amides is 1. The number of carbonyl (C=O) groups excluding carboxylic acids is 1. The molecule has 0 radical (unpaired) electrons. The van der Waals surface area contributed by atoms with Crippen molar-refractivity contribution >= 4 is 5.91 Å². The molecule has 1 N–H and O–H groups in total. The van der Waals surface area contributed by atoms with Gasteiger partial charge in [-0.15, -0.1) is 10.2 Å². The summed E-state index contributed by atoms with van der Waals surface area (Å²) in [5.41, 5.74) is 2.86. The number of nitrogens with one attached hydrogen (secondary N) is 1. The molecule has 0 saturated carbocycles. The summed E-state index contributed by atoms with van der Waals surface area (Å²) < 4.78 is 11.2. The van der Waals surface area contributed by atoms with E-state index < -0.39 is 0 Å². The van der Waals surface area contributed by atoms with Crippen LogP contribution in [-0.2, 0) is 4.79 Å². The Bertz CT molecular complexity index is 912. The lowest BCUT2D eigenvalue weighted by Crippen LogP contribution is -2.32. The van der Waals surface area contributed by atoms with E-state index in [4.69, 9.17) is 9.47 Å². The number of aromatic nitrogens is 2. The van der Waals surface area contributed by atoms with E-state index in [2.05, 4.69) is 29.4 Å². The maximum atomic E-state index is 12.0. The molecule has 2 aromatic carbocycles. The molecular weight excluding hydrogens is 366 g/mol. The first kappa shape index (κ1) is 20.3. The standard InChI is InChI=1S/C23H25N3O3/c1-17(2)19-10-6-7-11-21(19)29-16-22(27)24-14-15-28-23-13-12-20(25-26-23)18-8-4-3-5-9-18/h3-13,17H,14-16H2,1-2H3,(H,24,27). The van der Waals surface area contributed by atoms with Crippen LogP contribution in [0.1, 0.15) is 25.3 Å². The first-order chi connectivity index (χ1) is 14.1. The van der Waals surface area contributed by atoms with Crippen LogP contribution in [0.4, 0.5) is 0 Å². The molecule has 0 spiro atoms. The fraction of sp³-hybridized carbons (Fsp3) is 0.261. The van der Waals surface area contributed by atoms with Crippen LogP contribution in [0.5, 0.6) is 11.6 Å². The number of ether oxygens (including phenoxy) is 2. The molecule has 1 aromatic heterocycles. The summed E-state index contributed by atoms with van der Waals surface area (Å²) in [6.45, 7) is 4.81. The molecule has 3 aromatic rings. The second-order valence-corrected chi connectivity index (χ2v) is 6.80. The topological polar surface area (TPSA) is 73.3 Å². The van der Waals surface area contributed by atoms with Crippen LogP contribution in [0, 0.1) is 0 Å². The van der Waals surface area contributed by atoms with Crippen molar-refractivity contribution in [3.63, 3.8) is 0 Å². The van der Waals surface area contributed by atoms with Crippen LogP contribution in [0.15, 0.2) is 66.7 Å². The van der Waals surface area contributed by atoms with Crippen molar-refractivity contribution < 1.29 is 14.3 Å². The molecule has 0 unspecified atom stereocenters. The molecule has 1 amide bonds. The quantitative estimate of drug-likeness (QED) is 0.561. The average Bonchev–Trinajstić information content (AvgIpc) is 2.76. The Labute approximate surface area is 170 Å². The third kappa shape index (κ3) is 6.04. The van der Waals surface area contributed by atoms with Crippen molar-refractivity contribution in [3.8, 4) is 22.9 Å². The van der Waals surface area contributed by atoms with Crippen LogP contribution in [-0.4, -0.2) is 35.9 Å². The highest BCUT2D eigenvalue weighted by Crippen LogP contribution is 2.25. The summed E-state index contributed by atoms with van der Waals surface area (Å²) >= 11 is 0. The number of nitrogens with zero attached hydrogens (tertiary/aromatic N) is 2. The third-order valence-corrected chi connectivity index (χ3v) is 4.28. The zero-order valence-electron chi connectivity index (χ0n) is 16.7. The van der Waals surface area contributed by atoms with Crippen LogP contribution < -0.4 is 14.8 Å². The van der Waals surface area contributed by atoms with Gasteiger partial charge in [0, 0.05) is 11.6 Å². The predicted octanol–water partition coefficient (Wildman–Crippen LogP) is 3.84. The lowest BCUT2D eigenvalue weighted by Gasteiger charge is -2.13. The van der Waals surface area contributed by atoms with Gasteiger partial charge < -0.3 is 14.8 Å². The number of para-hydroxylation sites is 1. The van der Waals surface area contributed by atoms with E-state index in [0.29, 0.717) is 24.9 Å². The van der Waals surface area contributed by atoms with Gasteiger partial charge in [0.25, 0.3) is 5.91 Å². The largest absolute Gasteiger partial charge is 0.483 e. The van der Waals surface area contributed by atoms with Crippen molar-refractivity contribution in [3.05, 3.63) is 72.3 Å². The molecular formula is C23H25N3O3. The zero-order chi connectivity index (χ0) is 20.5. The molecule has 150 valence electrons. The summed E-state index contributed by atoms with van der Waals surface area (Å²) in [5, 5.41) is 11.0. The van der Waals surface area contributed by atoms with Gasteiger partial charge in [0.2, 0.25) is 5.88 Å². The zero-order valence-corrected chi connectivity index (χ0v) is 16.7. The van der Waals surface area contributed by atoms with Gasteiger partial charge in [-0.05, 0) is 23.6 Å². The first-order valence-corrected chi connectivity index (χ1v) is 9.64. The highest BCUT2D eigenvalue weighted by molar-refractivity contribution is 5.77. The van der Waals surface area contributed by atoms with E-state index in [1.807, 2.05) is 60.7 Å². The van der Waals surface area contributed by atoms with Crippen LogP contribution >= 0.6 is 0 Å². The van der Waals surface area contributed by atoms with Gasteiger partial charge in [-0.2, -0.15) is 0 Å². The highest BCUT2D eigenvalue weighted by Gasteiger charge is 2.09. The first-order valence-electron chi connectivity index (χ1n) is 9.64. The maximum absolute atomic E-state index is 12.0. The smallest absolute Gasteiger partial charge is 0.258 e. The lowest BCUT2D eigenvalue weighted by atomic mass is 10.0. The van der Waals surface area contributed by atoms with Gasteiger partial charge in [-0.25, -0.2) is 0 Å². The number of hydrogen-bond acceptors (Lipinski definition) is 5. The summed E-state index contributed by atoms with van der Waals surface area (Å²) in [6.07, 6.45) is 0. The lowest BCUT2D eigenvalue weighted by molar-refractivity contribution is -0.123. The molecule has 0 fully saturated rings. The summed E-state index contributed by atoms with van der Waals surface area (Å²) in [5.74, 6) is 1.29. The molecule has 0 bridgehead atoms. The van der Waals surface area contributed by atoms with Gasteiger partial charge in [0.05, 0.1) is 12.2 Å². The van der Waals surface area contributed by atoms with Crippen LogP contribution in [0.25, 0.3) is 11.3 Å². The normalized spacial score (nSPS) is 10.6. The Morgan fingerprint density at radius 1 is 0.931 bits per heavy atom. The summed E-state index contributed by atoms with van der Waals surface area (Å²) in [6, 6.07) is 21.2. The minimum atomic E-state index is -0.197. The highest BCUT2D eigenvalue weighted by atomic mass is 16.5. The van der Waals surface area contributed by atoms with Crippen molar-refractivity contribution in [1.29, 1.82) is 0 Å². The Kier molecular flexibility index (Phi) is 7.16. The molecule has 0 aliphatic carbocycles. The second-order valence-electron chi connectivity index (χ2n) is 6.80. The summed E-state index contributed by atoms with van der Waals surface area (Å²) in [4.78, 5) is 12.0. The van der Waals surface area contributed by atoms with E-state index in [1.165, 1.54) is 0 Å².